The Kier molecular flexibility index (Phi) is 3.85. The zero-order valence-electron chi connectivity index (χ0n) is 7.87. The number of esters is 1. The maximum absolute atomic E-state index is 12.2. The van der Waals surface area contributed by atoms with Gasteiger partial charge in [0, 0.05) is 0 Å². The van der Waals surface area contributed by atoms with Crippen LogP contribution in [0.15, 0.2) is 42.2 Å². The number of hydrogen-bond acceptors (Lipinski definition) is 2. The van der Waals surface area contributed by atoms with Gasteiger partial charge >= 0.3 is 5.97 Å². The number of ether oxygens (including phenoxy) is 1. The van der Waals surface area contributed by atoms with E-state index >= 15 is 0 Å². The van der Waals surface area contributed by atoms with Gasteiger partial charge in [-0.2, -0.15) is 0 Å². The molecular formula is C11H11FO2. The van der Waals surface area contributed by atoms with Crippen LogP contribution in [0.2, 0.25) is 0 Å². The average molecular weight is 194 g/mol. The van der Waals surface area contributed by atoms with E-state index in [1.807, 2.05) is 30.3 Å². The third-order valence-electron chi connectivity index (χ3n) is 1.54. The second-order valence-electron chi connectivity index (χ2n) is 2.82. The van der Waals surface area contributed by atoms with E-state index in [2.05, 4.69) is 0 Å². The van der Waals surface area contributed by atoms with Crippen LogP contribution in [-0.4, -0.2) is 5.97 Å². The van der Waals surface area contributed by atoms with Crippen LogP contribution >= 0.6 is 0 Å². The molecule has 0 aliphatic rings. The van der Waals surface area contributed by atoms with Crippen molar-refractivity contribution in [1.29, 1.82) is 0 Å². The van der Waals surface area contributed by atoms with Gasteiger partial charge in [-0.25, -0.2) is 9.18 Å². The van der Waals surface area contributed by atoms with E-state index in [9.17, 15) is 9.18 Å². The highest BCUT2D eigenvalue weighted by atomic mass is 19.1. The predicted octanol–water partition coefficient (Wildman–Crippen LogP) is 2.60. The smallest absolute Gasteiger partial charge is 0.333 e. The van der Waals surface area contributed by atoms with Crippen LogP contribution < -0.4 is 0 Å². The molecule has 0 fully saturated rings. The van der Waals surface area contributed by atoms with Gasteiger partial charge in [-0.05, 0) is 12.5 Å². The molecule has 0 saturated carbocycles. The van der Waals surface area contributed by atoms with Crippen molar-refractivity contribution in [3.8, 4) is 0 Å². The first kappa shape index (κ1) is 10.4. The molecule has 1 aromatic carbocycles. The molecule has 0 aliphatic carbocycles. The lowest BCUT2D eigenvalue weighted by atomic mass is 10.2. The minimum Gasteiger partial charge on any atom is -0.458 e. The first-order chi connectivity index (χ1) is 6.68. The largest absolute Gasteiger partial charge is 0.458 e. The molecule has 0 N–H and O–H groups in total. The van der Waals surface area contributed by atoms with Gasteiger partial charge in [0.05, 0.1) is 6.08 Å². The molecule has 0 heterocycles. The number of hydrogen-bond donors (Lipinski definition) is 0. The molecule has 0 unspecified atom stereocenters. The molecule has 0 bridgehead atoms. The number of benzene rings is 1. The third kappa shape index (κ3) is 3.85. The van der Waals surface area contributed by atoms with Crippen LogP contribution in [0.4, 0.5) is 4.39 Å². The summed E-state index contributed by atoms with van der Waals surface area (Å²) in [6.07, 6.45) is 0.822. The van der Waals surface area contributed by atoms with Gasteiger partial charge in [0.25, 0.3) is 0 Å². The molecule has 1 aromatic rings. The van der Waals surface area contributed by atoms with E-state index in [0.29, 0.717) is 0 Å². The van der Waals surface area contributed by atoms with Gasteiger partial charge in [0.2, 0.25) is 0 Å². The van der Waals surface area contributed by atoms with Crippen LogP contribution in [0.1, 0.15) is 12.5 Å². The van der Waals surface area contributed by atoms with Gasteiger partial charge in [-0.1, -0.05) is 30.3 Å². The molecule has 0 amide bonds. The van der Waals surface area contributed by atoms with E-state index < -0.39 is 11.8 Å². The summed E-state index contributed by atoms with van der Waals surface area (Å²) < 4.78 is 17.0. The molecule has 0 aliphatic heterocycles. The van der Waals surface area contributed by atoms with Crippen LogP contribution in [0.5, 0.6) is 0 Å². The highest BCUT2D eigenvalue weighted by Crippen LogP contribution is 2.02. The van der Waals surface area contributed by atoms with Crippen LogP contribution in [0.25, 0.3) is 0 Å². The van der Waals surface area contributed by atoms with Gasteiger partial charge < -0.3 is 4.74 Å². The fourth-order valence-corrected chi connectivity index (χ4v) is 0.933. The van der Waals surface area contributed by atoms with E-state index in [1.54, 1.807) is 0 Å². The molecule has 14 heavy (non-hydrogen) atoms. The summed E-state index contributed by atoms with van der Waals surface area (Å²) in [5.41, 5.74) is 0.880. The monoisotopic (exact) mass is 194 g/mol. The molecule has 1 rings (SSSR count). The molecule has 0 radical (unpaired) electrons. The minimum absolute atomic E-state index is 0.170. The zero-order valence-corrected chi connectivity index (χ0v) is 7.87. The number of rotatable bonds is 3. The van der Waals surface area contributed by atoms with Crippen LogP contribution in [0.3, 0.4) is 0 Å². The Bertz CT molecular complexity index is 326. The van der Waals surface area contributed by atoms with Crippen molar-refractivity contribution in [2.45, 2.75) is 13.5 Å². The van der Waals surface area contributed by atoms with Crippen molar-refractivity contribution in [1.82, 2.24) is 0 Å². The summed E-state index contributed by atoms with van der Waals surface area (Å²) in [6.45, 7) is 1.37. The molecule has 0 saturated heterocycles. The molecule has 2 nitrogen and oxygen atoms in total. The summed E-state index contributed by atoms with van der Waals surface area (Å²) in [5, 5.41) is 0. The lowest BCUT2D eigenvalue weighted by Crippen LogP contribution is -2.00. The Balaban J connectivity index is 2.42. The van der Waals surface area contributed by atoms with Gasteiger partial charge in [0.1, 0.15) is 12.4 Å². The predicted molar refractivity (Wildman–Crippen MR) is 51.1 cm³/mol. The van der Waals surface area contributed by atoms with E-state index in [-0.39, 0.29) is 6.61 Å². The average Bonchev–Trinajstić information content (AvgIpc) is 2.15. The maximum Gasteiger partial charge on any atom is 0.333 e. The lowest BCUT2D eigenvalue weighted by molar-refractivity contribution is -0.139. The quantitative estimate of drug-likeness (QED) is 0.546. The lowest BCUT2D eigenvalue weighted by Gasteiger charge is -2.01. The second-order valence-corrected chi connectivity index (χ2v) is 2.82. The van der Waals surface area contributed by atoms with Crippen molar-refractivity contribution in [3.05, 3.63) is 47.8 Å². The Labute approximate surface area is 82.0 Å². The normalized spacial score (nSPS) is 11.1. The topological polar surface area (TPSA) is 26.3 Å². The summed E-state index contributed by atoms with van der Waals surface area (Å²) >= 11 is 0. The maximum atomic E-state index is 12.2. The Hall–Kier alpha value is -1.64. The zero-order chi connectivity index (χ0) is 10.4. The number of carbonyl (C=O) groups is 1. The van der Waals surface area contributed by atoms with Gasteiger partial charge in [0.15, 0.2) is 0 Å². The minimum atomic E-state index is -0.658. The standard InChI is InChI=1S/C11H11FO2/c1-9(12)7-11(13)14-8-10-5-3-2-4-6-10/h2-7H,8H2,1H3/b9-7+. The van der Waals surface area contributed by atoms with Crippen LogP contribution in [0, 0.1) is 0 Å². The number of carbonyl (C=O) groups excluding carboxylic acids is 1. The molecule has 3 heteroatoms. The Morgan fingerprint density at radius 2 is 2.07 bits per heavy atom. The fraction of sp³-hybridized carbons (Fsp3) is 0.182. The summed E-state index contributed by atoms with van der Waals surface area (Å²) in [5.74, 6) is -1.21. The van der Waals surface area contributed by atoms with Crippen molar-refractivity contribution >= 4 is 5.97 Å². The van der Waals surface area contributed by atoms with Crippen molar-refractivity contribution in [2.75, 3.05) is 0 Å². The summed E-state index contributed by atoms with van der Waals surface area (Å²) in [7, 11) is 0. The first-order valence-electron chi connectivity index (χ1n) is 4.23. The Morgan fingerprint density at radius 3 is 2.64 bits per heavy atom. The summed E-state index contributed by atoms with van der Waals surface area (Å²) in [6, 6.07) is 9.23. The van der Waals surface area contributed by atoms with Gasteiger partial charge in [-0.3, -0.25) is 0 Å². The molecule has 0 spiro atoms. The van der Waals surface area contributed by atoms with E-state index in [0.717, 1.165) is 11.6 Å². The fourth-order valence-electron chi connectivity index (χ4n) is 0.933. The Morgan fingerprint density at radius 1 is 1.43 bits per heavy atom. The van der Waals surface area contributed by atoms with Gasteiger partial charge in [-0.15, -0.1) is 0 Å². The molecule has 0 aromatic heterocycles. The number of halogens is 1. The first-order valence-corrected chi connectivity index (χ1v) is 4.23. The third-order valence-corrected chi connectivity index (χ3v) is 1.54. The second kappa shape index (κ2) is 5.17. The van der Waals surface area contributed by atoms with E-state index in [4.69, 9.17) is 4.74 Å². The van der Waals surface area contributed by atoms with E-state index in [1.165, 1.54) is 6.92 Å². The molecule has 74 valence electrons. The highest BCUT2D eigenvalue weighted by Gasteiger charge is 1.99. The van der Waals surface area contributed by atoms with Crippen molar-refractivity contribution in [3.63, 3.8) is 0 Å². The molecule has 0 atom stereocenters. The number of allylic oxidation sites excluding steroid dienone is 1. The summed E-state index contributed by atoms with van der Waals surface area (Å²) in [4.78, 5) is 10.9. The van der Waals surface area contributed by atoms with Crippen molar-refractivity contribution < 1.29 is 13.9 Å². The highest BCUT2D eigenvalue weighted by molar-refractivity contribution is 5.82. The SMILES string of the molecule is C/C(F)=C\C(=O)OCc1ccccc1. The van der Waals surface area contributed by atoms with Crippen LogP contribution in [-0.2, 0) is 16.1 Å². The molecular weight excluding hydrogens is 183 g/mol. The van der Waals surface area contributed by atoms with Crippen molar-refractivity contribution in [2.24, 2.45) is 0 Å².